The lowest BCUT2D eigenvalue weighted by Gasteiger charge is -2.42. The van der Waals surface area contributed by atoms with Crippen molar-refractivity contribution in [2.45, 2.75) is 54.9 Å². The maximum Gasteiger partial charge on any atom is 0.157 e. The molecule has 0 radical (unpaired) electrons. The zero-order valence-electron chi connectivity index (χ0n) is 31.9. The molecule has 3 heterocycles. The van der Waals surface area contributed by atoms with Crippen molar-refractivity contribution >= 4 is 0 Å². The number of hydrogen-bond donors (Lipinski definition) is 14. The molecular weight excluding hydrogens is 812 g/mol. The van der Waals surface area contributed by atoms with Gasteiger partial charge in [-0.15, -0.1) is 0 Å². The third-order valence-electron chi connectivity index (χ3n) is 11.7. The molecule has 14 N–H and O–H groups in total. The van der Waals surface area contributed by atoms with Crippen LogP contribution in [0.15, 0.2) is 84.9 Å². The molecule has 17 nitrogen and oxygen atoms in total. The Hall–Kier alpha value is -7.60. The van der Waals surface area contributed by atoms with E-state index in [9.17, 15) is 71.5 Å². The van der Waals surface area contributed by atoms with Gasteiger partial charge in [-0.05, 0) is 59.2 Å². The van der Waals surface area contributed by atoms with Gasteiger partial charge in [0.15, 0.2) is 46.7 Å². The van der Waals surface area contributed by atoms with E-state index >= 15 is 0 Å². The average Bonchev–Trinajstić information content (AvgIpc) is 3.22. The van der Waals surface area contributed by atoms with Gasteiger partial charge in [0.25, 0.3) is 0 Å². The second-order valence-electron chi connectivity index (χ2n) is 15.5. The minimum absolute atomic E-state index is 0.0313. The summed E-state index contributed by atoms with van der Waals surface area (Å²) in [6, 6.07) is 16.8. The lowest BCUT2D eigenvalue weighted by molar-refractivity contribution is -0.000211. The molecule has 6 aromatic carbocycles. The molecule has 0 unspecified atom stereocenters. The van der Waals surface area contributed by atoms with Gasteiger partial charge < -0.3 is 85.7 Å². The quantitative estimate of drug-likeness (QED) is 0.104. The summed E-state index contributed by atoms with van der Waals surface area (Å²) in [5.74, 6) is -9.72. The molecule has 0 aromatic heterocycles. The fourth-order valence-electron chi connectivity index (χ4n) is 8.85. The summed E-state index contributed by atoms with van der Waals surface area (Å²) in [4.78, 5) is 0. The standard InChI is InChI=1S/C45H38O17/c46-19-4-5-21-31(13-19)60-43(17-2-7-24(49)27(52)10-17)40(58)33(21)36-38(56)22-15-30(55)42(16-1-6-23(48)26(51)9-16)62-45(22)37(39(36)57)35-34-29(54)12-20(47)14-32(34)61-44(41(35)59)18-3-8-25(50)28(53)11-18/h1-14,30,33,35,40-44,46-59H,15H2/t30-,33-,35+,40+,41+,42+,43-,44-/m0/s1. The number of benzene rings is 6. The summed E-state index contributed by atoms with van der Waals surface area (Å²) < 4.78 is 18.7. The molecule has 0 saturated carbocycles. The van der Waals surface area contributed by atoms with Gasteiger partial charge in [0.05, 0.1) is 12.0 Å². The molecule has 0 fully saturated rings. The van der Waals surface area contributed by atoms with Crippen LogP contribution in [0.4, 0.5) is 0 Å². The van der Waals surface area contributed by atoms with Gasteiger partial charge in [-0.1, -0.05) is 24.3 Å². The summed E-state index contributed by atoms with van der Waals surface area (Å²) in [7, 11) is 0. The van der Waals surface area contributed by atoms with E-state index in [1.165, 1.54) is 36.4 Å². The Balaban J connectivity index is 1.33. The molecule has 62 heavy (non-hydrogen) atoms. The third-order valence-corrected chi connectivity index (χ3v) is 11.7. The summed E-state index contributed by atoms with van der Waals surface area (Å²) >= 11 is 0. The molecule has 6 aromatic rings. The SMILES string of the molecule is Oc1ccc2c(c1)O[C@@H](c1ccc(O)c(O)c1)[C@H](O)[C@@H]2c1c(O)c2c(c([C@H]3c4c(O)cc(O)cc4O[C@@H](c4ccc(O)c(O)c4)[C@@H]3O)c1O)O[C@H](c1ccc(O)c(O)c1)[C@@H](O)C2. The highest BCUT2D eigenvalue weighted by Crippen LogP contribution is 2.61. The average molecular weight is 851 g/mol. The topological polar surface area (TPSA) is 311 Å². The van der Waals surface area contributed by atoms with Crippen LogP contribution in [0.3, 0.4) is 0 Å². The predicted molar refractivity (Wildman–Crippen MR) is 212 cm³/mol. The van der Waals surface area contributed by atoms with Gasteiger partial charge in [-0.2, -0.15) is 0 Å². The van der Waals surface area contributed by atoms with Crippen LogP contribution < -0.4 is 14.2 Å². The van der Waals surface area contributed by atoms with Crippen molar-refractivity contribution < 1.29 is 85.7 Å². The Morgan fingerprint density at radius 3 is 1.48 bits per heavy atom. The first-order chi connectivity index (χ1) is 29.5. The molecule has 3 aliphatic heterocycles. The maximum absolute atomic E-state index is 12.9. The number of aliphatic hydroxyl groups excluding tert-OH is 3. The molecule has 3 aliphatic rings. The van der Waals surface area contributed by atoms with Gasteiger partial charge in [-0.3, -0.25) is 0 Å². The van der Waals surface area contributed by atoms with Crippen molar-refractivity contribution in [1.82, 2.24) is 0 Å². The molecule has 17 heteroatoms. The lowest BCUT2D eigenvalue weighted by Crippen LogP contribution is -2.38. The number of phenolic OH excluding ortho intramolecular Hbond substituents is 11. The van der Waals surface area contributed by atoms with E-state index in [0.717, 1.165) is 48.5 Å². The van der Waals surface area contributed by atoms with Crippen molar-refractivity contribution in [1.29, 1.82) is 0 Å². The number of phenols is 11. The maximum atomic E-state index is 12.9. The van der Waals surface area contributed by atoms with Crippen LogP contribution in [0.5, 0.6) is 80.5 Å². The minimum atomic E-state index is -1.85. The predicted octanol–water partition coefficient (Wildman–Crippen LogP) is 4.74. The number of fused-ring (bicyclic) bond motifs is 3. The van der Waals surface area contributed by atoms with E-state index in [4.69, 9.17) is 14.2 Å². The van der Waals surface area contributed by atoms with E-state index in [2.05, 4.69) is 0 Å². The van der Waals surface area contributed by atoms with Gasteiger partial charge in [0.1, 0.15) is 64.3 Å². The van der Waals surface area contributed by atoms with Crippen molar-refractivity contribution in [3.8, 4) is 80.5 Å². The van der Waals surface area contributed by atoms with E-state index < -0.39 is 118 Å². The van der Waals surface area contributed by atoms with Gasteiger partial charge >= 0.3 is 0 Å². The van der Waals surface area contributed by atoms with Crippen LogP contribution in [-0.4, -0.2) is 89.8 Å². The molecule has 320 valence electrons. The van der Waals surface area contributed by atoms with Gasteiger partial charge in [0.2, 0.25) is 0 Å². The highest BCUT2D eigenvalue weighted by atomic mass is 16.5. The number of aliphatic hydroxyl groups is 3. The normalized spacial score (nSPS) is 23.8. The molecule has 9 rings (SSSR count). The highest BCUT2D eigenvalue weighted by Gasteiger charge is 2.50. The number of hydrogen-bond acceptors (Lipinski definition) is 17. The second kappa shape index (κ2) is 14.5. The molecule has 0 spiro atoms. The van der Waals surface area contributed by atoms with Gasteiger partial charge in [0, 0.05) is 58.4 Å². The van der Waals surface area contributed by atoms with Crippen LogP contribution >= 0.6 is 0 Å². The molecule has 8 atom stereocenters. The zero-order valence-corrected chi connectivity index (χ0v) is 31.9. The summed E-state index contributed by atoms with van der Waals surface area (Å²) in [5, 5.41) is 156. The number of aromatic hydroxyl groups is 11. The van der Waals surface area contributed by atoms with Crippen molar-refractivity contribution in [2.24, 2.45) is 0 Å². The largest absolute Gasteiger partial charge is 0.508 e. The number of rotatable bonds is 5. The molecule has 0 amide bonds. The van der Waals surface area contributed by atoms with Crippen LogP contribution in [0.1, 0.15) is 74.7 Å². The van der Waals surface area contributed by atoms with E-state index in [1.54, 1.807) is 0 Å². The van der Waals surface area contributed by atoms with E-state index in [1.807, 2.05) is 0 Å². The summed E-state index contributed by atoms with van der Waals surface area (Å²) in [6.07, 6.45) is -9.77. The monoisotopic (exact) mass is 850 g/mol. The minimum Gasteiger partial charge on any atom is -0.508 e. The van der Waals surface area contributed by atoms with Crippen molar-refractivity contribution in [3.05, 3.63) is 129 Å². The van der Waals surface area contributed by atoms with E-state index in [0.29, 0.717) is 0 Å². The molecular formula is C45H38O17. The third kappa shape index (κ3) is 6.29. The van der Waals surface area contributed by atoms with Crippen LogP contribution in [0.25, 0.3) is 0 Å². The van der Waals surface area contributed by atoms with Crippen LogP contribution in [0.2, 0.25) is 0 Å². The Morgan fingerprint density at radius 1 is 0.403 bits per heavy atom. The first-order valence-electron chi connectivity index (χ1n) is 19.1. The fraction of sp³-hybridized carbons (Fsp3) is 0.200. The van der Waals surface area contributed by atoms with Crippen molar-refractivity contribution in [2.75, 3.05) is 0 Å². The van der Waals surface area contributed by atoms with E-state index in [-0.39, 0.29) is 61.9 Å². The molecule has 0 saturated heterocycles. The summed E-state index contributed by atoms with van der Waals surface area (Å²) in [5.41, 5.74) is -0.623. The molecule has 0 aliphatic carbocycles. The van der Waals surface area contributed by atoms with Crippen LogP contribution in [0, 0.1) is 0 Å². The zero-order chi connectivity index (χ0) is 44.0. The molecule has 0 bridgehead atoms. The Labute approximate surface area is 349 Å². The second-order valence-corrected chi connectivity index (χ2v) is 15.5. The lowest BCUT2D eigenvalue weighted by atomic mass is 9.73. The number of ether oxygens (including phenoxy) is 3. The Bertz CT molecular complexity index is 2790. The first-order valence-corrected chi connectivity index (χ1v) is 19.1. The Kier molecular flexibility index (Phi) is 9.35. The summed E-state index contributed by atoms with van der Waals surface area (Å²) in [6.45, 7) is 0. The van der Waals surface area contributed by atoms with Crippen molar-refractivity contribution in [3.63, 3.8) is 0 Å². The fourth-order valence-corrected chi connectivity index (χ4v) is 8.85. The Morgan fingerprint density at radius 2 is 0.919 bits per heavy atom. The van der Waals surface area contributed by atoms with Gasteiger partial charge in [-0.25, -0.2) is 0 Å². The van der Waals surface area contributed by atoms with Crippen LogP contribution in [-0.2, 0) is 6.42 Å². The first kappa shape index (κ1) is 39.8. The smallest absolute Gasteiger partial charge is 0.157 e. The highest BCUT2D eigenvalue weighted by molar-refractivity contribution is 5.71.